The number of hydrogen-bond donors (Lipinski definition) is 1. The lowest BCUT2D eigenvalue weighted by Gasteiger charge is -1.97. The minimum atomic E-state index is 0.529. The van der Waals surface area contributed by atoms with Crippen molar-refractivity contribution < 1.29 is 0 Å². The number of hydrogen-bond acceptors (Lipinski definition) is 4. The first-order valence-corrected chi connectivity index (χ1v) is 5.98. The standard InChI is InChI=1S/C15H20N4/c1-4-5-6-14(10-17)9-13(2)19-12-15(7-8-16)11-18-3/h4-6,9,11-12H,3,7-8,16H2,1-2H3/b5-4+,13-9-,14-6+,15-11-,19-12-. The van der Waals surface area contributed by atoms with Crippen LogP contribution in [0.1, 0.15) is 20.3 Å². The molecule has 0 amide bonds. The molecule has 0 saturated heterocycles. The molecule has 0 atom stereocenters. The molecule has 0 radical (unpaired) electrons. The molecule has 4 nitrogen and oxygen atoms in total. The summed E-state index contributed by atoms with van der Waals surface area (Å²) in [4.78, 5) is 7.97. The second-order valence-corrected chi connectivity index (χ2v) is 3.73. The van der Waals surface area contributed by atoms with Gasteiger partial charge in [-0.25, -0.2) is 0 Å². The maximum atomic E-state index is 8.95. The molecule has 100 valence electrons. The van der Waals surface area contributed by atoms with Crippen LogP contribution in [0.25, 0.3) is 0 Å². The summed E-state index contributed by atoms with van der Waals surface area (Å²) in [5, 5.41) is 8.95. The number of nitrogens with zero attached hydrogens (tertiary/aromatic N) is 3. The average molecular weight is 256 g/mol. The first kappa shape index (κ1) is 16.8. The number of aliphatic imine (C=N–C) groups is 2. The van der Waals surface area contributed by atoms with E-state index in [0.29, 0.717) is 18.5 Å². The molecule has 0 fully saturated rings. The van der Waals surface area contributed by atoms with Crippen LogP contribution in [-0.2, 0) is 0 Å². The van der Waals surface area contributed by atoms with Gasteiger partial charge in [0, 0.05) is 18.1 Å². The number of allylic oxidation sites excluding steroid dienone is 6. The second-order valence-electron chi connectivity index (χ2n) is 3.73. The van der Waals surface area contributed by atoms with E-state index in [-0.39, 0.29) is 0 Å². The van der Waals surface area contributed by atoms with Crippen molar-refractivity contribution in [1.29, 1.82) is 5.26 Å². The van der Waals surface area contributed by atoms with Gasteiger partial charge in [0.15, 0.2) is 0 Å². The van der Waals surface area contributed by atoms with Crippen molar-refractivity contribution in [3.05, 3.63) is 47.3 Å². The Kier molecular flexibility index (Phi) is 9.59. The highest BCUT2D eigenvalue weighted by molar-refractivity contribution is 5.79. The van der Waals surface area contributed by atoms with Crippen LogP contribution in [0, 0.1) is 11.3 Å². The summed E-state index contributed by atoms with van der Waals surface area (Å²) < 4.78 is 0. The van der Waals surface area contributed by atoms with Crippen LogP contribution in [0.15, 0.2) is 57.3 Å². The van der Waals surface area contributed by atoms with Gasteiger partial charge >= 0.3 is 0 Å². The zero-order valence-electron chi connectivity index (χ0n) is 11.5. The molecule has 0 bridgehead atoms. The van der Waals surface area contributed by atoms with Gasteiger partial charge in [0.25, 0.3) is 0 Å². The predicted molar refractivity (Wildman–Crippen MR) is 82.1 cm³/mol. The largest absolute Gasteiger partial charge is 0.330 e. The van der Waals surface area contributed by atoms with Gasteiger partial charge in [0.2, 0.25) is 0 Å². The van der Waals surface area contributed by atoms with Crippen molar-refractivity contribution in [2.45, 2.75) is 20.3 Å². The molecule has 2 N–H and O–H groups in total. The normalized spacial score (nSPS) is 14.1. The summed E-state index contributed by atoms with van der Waals surface area (Å²) in [6.45, 7) is 7.66. The van der Waals surface area contributed by atoms with E-state index in [9.17, 15) is 0 Å². The minimum absolute atomic E-state index is 0.529. The Morgan fingerprint density at radius 1 is 1.47 bits per heavy atom. The Bertz CT molecular complexity index is 471. The summed E-state index contributed by atoms with van der Waals surface area (Å²) in [7, 11) is 0. The van der Waals surface area contributed by atoms with E-state index >= 15 is 0 Å². The topological polar surface area (TPSA) is 74.5 Å². The van der Waals surface area contributed by atoms with Crippen LogP contribution in [0.3, 0.4) is 0 Å². The molecule has 4 heteroatoms. The molecule has 0 saturated carbocycles. The van der Waals surface area contributed by atoms with Crippen molar-refractivity contribution >= 4 is 12.9 Å². The molecule has 0 heterocycles. The Morgan fingerprint density at radius 2 is 2.21 bits per heavy atom. The Balaban J connectivity index is 4.92. The molecule has 0 unspecified atom stereocenters. The molecule has 0 rings (SSSR count). The van der Waals surface area contributed by atoms with Crippen molar-refractivity contribution in [3.63, 3.8) is 0 Å². The van der Waals surface area contributed by atoms with Gasteiger partial charge in [0.1, 0.15) is 0 Å². The lowest BCUT2D eigenvalue weighted by atomic mass is 10.2. The molecule has 0 aliphatic rings. The van der Waals surface area contributed by atoms with E-state index in [1.165, 1.54) is 0 Å². The molecule has 0 aliphatic heterocycles. The fraction of sp³-hybridized carbons (Fsp3) is 0.267. The highest BCUT2D eigenvalue weighted by atomic mass is 14.7. The van der Waals surface area contributed by atoms with Gasteiger partial charge in [-0.2, -0.15) is 5.26 Å². The first-order chi connectivity index (χ1) is 9.17. The molecular weight excluding hydrogens is 236 g/mol. The molecule has 0 aromatic carbocycles. The van der Waals surface area contributed by atoms with E-state index in [1.54, 1.807) is 24.6 Å². The van der Waals surface area contributed by atoms with Gasteiger partial charge in [-0.3, -0.25) is 9.98 Å². The van der Waals surface area contributed by atoms with Crippen molar-refractivity contribution in [1.82, 2.24) is 0 Å². The first-order valence-electron chi connectivity index (χ1n) is 5.98. The third-order valence-electron chi connectivity index (χ3n) is 2.09. The maximum absolute atomic E-state index is 8.95. The van der Waals surface area contributed by atoms with Gasteiger partial charge in [-0.05, 0) is 51.3 Å². The van der Waals surface area contributed by atoms with Crippen molar-refractivity contribution in [2.75, 3.05) is 6.54 Å². The summed E-state index contributed by atoms with van der Waals surface area (Å²) in [6, 6.07) is 2.10. The van der Waals surface area contributed by atoms with Crippen LogP contribution >= 0.6 is 0 Å². The Morgan fingerprint density at radius 3 is 2.74 bits per heavy atom. The van der Waals surface area contributed by atoms with Gasteiger partial charge in [-0.15, -0.1) is 0 Å². The summed E-state index contributed by atoms with van der Waals surface area (Å²) >= 11 is 0. The quantitative estimate of drug-likeness (QED) is 0.432. The maximum Gasteiger partial charge on any atom is 0.0992 e. The van der Waals surface area contributed by atoms with Gasteiger partial charge in [-0.1, -0.05) is 12.2 Å². The molecular formula is C15H20N4. The van der Waals surface area contributed by atoms with E-state index in [4.69, 9.17) is 11.0 Å². The molecule has 0 aromatic rings. The summed E-state index contributed by atoms with van der Waals surface area (Å²) in [6.07, 6.45) is 11.1. The van der Waals surface area contributed by atoms with Gasteiger partial charge < -0.3 is 5.73 Å². The fourth-order valence-electron chi connectivity index (χ4n) is 1.21. The van der Waals surface area contributed by atoms with E-state index in [2.05, 4.69) is 22.8 Å². The molecule has 19 heavy (non-hydrogen) atoms. The van der Waals surface area contributed by atoms with E-state index in [0.717, 1.165) is 11.3 Å². The molecule has 0 aliphatic carbocycles. The summed E-state index contributed by atoms with van der Waals surface area (Å²) in [5.41, 5.74) is 7.68. The monoisotopic (exact) mass is 256 g/mol. The lowest BCUT2D eigenvalue weighted by molar-refractivity contribution is 0.983. The van der Waals surface area contributed by atoms with Gasteiger partial charge in [0.05, 0.1) is 11.6 Å². The number of nitriles is 1. The Labute approximate surface area is 115 Å². The third-order valence-corrected chi connectivity index (χ3v) is 2.09. The zero-order valence-corrected chi connectivity index (χ0v) is 11.5. The Hall–Kier alpha value is -2.25. The molecule has 0 spiro atoms. The highest BCUT2D eigenvalue weighted by Crippen LogP contribution is 2.05. The van der Waals surface area contributed by atoms with Crippen LogP contribution < -0.4 is 5.73 Å². The zero-order chi connectivity index (χ0) is 14.5. The predicted octanol–water partition coefficient (Wildman–Crippen LogP) is 2.92. The van der Waals surface area contributed by atoms with Crippen LogP contribution in [0.4, 0.5) is 0 Å². The highest BCUT2D eigenvalue weighted by Gasteiger charge is 1.93. The minimum Gasteiger partial charge on any atom is -0.330 e. The second kappa shape index (κ2) is 10.9. The molecule has 0 aromatic heterocycles. The number of nitrogens with two attached hydrogens (primary N) is 1. The van der Waals surface area contributed by atoms with Crippen molar-refractivity contribution in [2.24, 2.45) is 15.7 Å². The number of rotatable bonds is 7. The van der Waals surface area contributed by atoms with Crippen LogP contribution in [0.5, 0.6) is 0 Å². The van der Waals surface area contributed by atoms with Crippen LogP contribution in [0.2, 0.25) is 0 Å². The van der Waals surface area contributed by atoms with E-state index in [1.807, 2.05) is 26.0 Å². The smallest absolute Gasteiger partial charge is 0.0992 e. The van der Waals surface area contributed by atoms with Crippen LogP contribution in [-0.4, -0.2) is 19.5 Å². The van der Waals surface area contributed by atoms with E-state index < -0.39 is 0 Å². The average Bonchev–Trinajstić information content (AvgIpc) is 2.41. The summed E-state index contributed by atoms with van der Waals surface area (Å²) in [5.74, 6) is 0. The SMILES string of the molecule is C=N\C=C(/C=N\C(C)=C/C(C#N)=C\C=C\C)CCN. The lowest BCUT2D eigenvalue weighted by Crippen LogP contribution is -2.01. The van der Waals surface area contributed by atoms with Crippen molar-refractivity contribution in [3.8, 4) is 6.07 Å². The fourth-order valence-corrected chi connectivity index (χ4v) is 1.21. The third kappa shape index (κ3) is 8.47.